The van der Waals surface area contributed by atoms with Crippen molar-refractivity contribution in [3.05, 3.63) is 35.5 Å². The fourth-order valence-electron chi connectivity index (χ4n) is 1.73. The number of hydrogen-bond acceptors (Lipinski definition) is 5. The molecule has 8 heteroatoms. The maximum atomic E-state index is 12.1. The van der Waals surface area contributed by atoms with Gasteiger partial charge in [-0.1, -0.05) is 0 Å². The maximum absolute atomic E-state index is 12.1. The lowest BCUT2D eigenvalue weighted by atomic mass is 10.3. The second kappa shape index (κ2) is 6.98. The molecule has 0 aromatic carbocycles. The van der Waals surface area contributed by atoms with Crippen molar-refractivity contribution >= 4 is 21.4 Å². The number of hydrogen-bond donors (Lipinski definition) is 2. The Bertz CT molecular complexity index is 620. The molecule has 110 valence electrons. The molecule has 2 rings (SSSR count). The zero-order valence-electron chi connectivity index (χ0n) is 11.0. The summed E-state index contributed by atoms with van der Waals surface area (Å²) < 4.78 is 28.8. The van der Waals surface area contributed by atoms with E-state index in [9.17, 15) is 8.42 Å². The van der Waals surface area contributed by atoms with Crippen molar-refractivity contribution in [2.75, 3.05) is 13.1 Å². The van der Waals surface area contributed by atoms with Gasteiger partial charge in [0.15, 0.2) is 0 Å². The van der Waals surface area contributed by atoms with E-state index in [2.05, 4.69) is 9.82 Å². The fourth-order valence-corrected chi connectivity index (χ4v) is 4.22. The van der Waals surface area contributed by atoms with Gasteiger partial charge in [-0.25, -0.2) is 13.1 Å². The summed E-state index contributed by atoms with van der Waals surface area (Å²) in [6.07, 6.45) is 4.96. The minimum atomic E-state index is -3.40. The summed E-state index contributed by atoms with van der Waals surface area (Å²) in [6, 6.07) is 5.29. The normalized spacial score (nSPS) is 11.8. The molecule has 0 atom stereocenters. The molecule has 0 saturated carbocycles. The Morgan fingerprint density at radius 1 is 1.40 bits per heavy atom. The Balaban J connectivity index is 1.83. The van der Waals surface area contributed by atoms with Crippen LogP contribution in [0.2, 0.25) is 0 Å². The third-order valence-corrected chi connectivity index (χ3v) is 5.81. The Morgan fingerprint density at radius 2 is 2.25 bits per heavy atom. The van der Waals surface area contributed by atoms with E-state index in [0.29, 0.717) is 36.7 Å². The van der Waals surface area contributed by atoms with Gasteiger partial charge < -0.3 is 5.73 Å². The first kappa shape index (κ1) is 15.2. The number of sulfonamides is 1. The lowest BCUT2D eigenvalue weighted by Crippen LogP contribution is -2.24. The average molecular weight is 314 g/mol. The van der Waals surface area contributed by atoms with Crippen LogP contribution in [0.25, 0.3) is 0 Å². The molecular formula is C12H18N4O2S2. The van der Waals surface area contributed by atoms with Crippen LogP contribution >= 0.6 is 11.3 Å². The average Bonchev–Trinajstić information content (AvgIpc) is 3.06. The van der Waals surface area contributed by atoms with E-state index in [-0.39, 0.29) is 0 Å². The van der Waals surface area contributed by atoms with Crippen LogP contribution < -0.4 is 10.5 Å². The molecule has 0 aliphatic rings. The fraction of sp³-hybridized carbons (Fsp3) is 0.417. The van der Waals surface area contributed by atoms with E-state index >= 15 is 0 Å². The van der Waals surface area contributed by atoms with Crippen LogP contribution in [0.1, 0.15) is 11.3 Å². The predicted octanol–water partition coefficient (Wildman–Crippen LogP) is 0.814. The molecule has 6 nitrogen and oxygen atoms in total. The first-order valence-electron chi connectivity index (χ1n) is 6.38. The van der Waals surface area contributed by atoms with Gasteiger partial charge in [-0.15, -0.1) is 11.3 Å². The highest BCUT2D eigenvalue weighted by molar-refractivity contribution is 7.91. The molecule has 0 unspecified atom stereocenters. The highest BCUT2D eigenvalue weighted by Gasteiger charge is 2.15. The van der Waals surface area contributed by atoms with Crippen molar-refractivity contribution in [1.82, 2.24) is 14.5 Å². The molecule has 0 bridgehead atoms. The van der Waals surface area contributed by atoms with E-state index in [4.69, 9.17) is 5.73 Å². The molecule has 0 saturated heterocycles. The summed E-state index contributed by atoms with van der Waals surface area (Å²) in [5, 5.41) is 4.06. The number of nitrogens with one attached hydrogen (secondary N) is 1. The van der Waals surface area contributed by atoms with E-state index < -0.39 is 10.0 Å². The largest absolute Gasteiger partial charge is 0.330 e. The molecule has 2 aromatic heterocycles. The SMILES string of the molecule is NCCc1ccc(S(=O)(=O)NCCCn2cccn2)s1. The summed E-state index contributed by atoms with van der Waals surface area (Å²) in [7, 11) is -3.40. The summed E-state index contributed by atoms with van der Waals surface area (Å²) in [4.78, 5) is 0.990. The second-order valence-electron chi connectivity index (χ2n) is 4.28. The minimum Gasteiger partial charge on any atom is -0.330 e. The number of aryl methyl sites for hydroxylation is 1. The van der Waals surface area contributed by atoms with Crippen LogP contribution in [0.5, 0.6) is 0 Å². The quantitative estimate of drug-likeness (QED) is 0.706. The van der Waals surface area contributed by atoms with Crippen molar-refractivity contribution in [2.45, 2.75) is 23.6 Å². The summed E-state index contributed by atoms with van der Waals surface area (Å²) in [6.45, 7) is 1.61. The van der Waals surface area contributed by atoms with Crippen molar-refractivity contribution < 1.29 is 8.42 Å². The Labute approximate surface area is 122 Å². The lowest BCUT2D eigenvalue weighted by molar-refractivity contribution is 0.554. The first-order chi connectivity index (χ1) is 9.62. The molecule has 3 N–H and O–H groups in total. The van der Waals surface area contributed by atoms with Gasteiger partial charge in [-0.2, -0.15) is 5.10 Å². The second-order valence-corrected chi connectivity index (χ2v) is 7.44. The number of thiophene rings is 1. The van der Waals surface area contributed by atoms with Crippen LogP contribution in [-0.2, 0) is 23.0 Å². The van der Waals surface area contributed by atoms with E-state index in [1.165, 1.54) is 11.3 Å². The van der Waals surface area contributed by atoms with E-state index in [0.717, 1.165) is 4.88 Å². The van der Waals surface area contributed by atoms with Crippen LogP contribution in [-0.4, -0.2) is 31.3 Å². The highest BCUT2D eigenvalue weighted by Crippen LogP contribution is 2.21. The van der Waals surface area contributed by atoms with Gasteiger partial charge in [0.25, 0.3) is 0 Å². The maximum Gasteiger partial charge on any atom is 0.250 e. The van der Waals surface area contributed by atoms with Crippen LogP contribution in [0.15, 0.2) is 34.8 Å². The zero-order chi connectivity index (χ0) is 14.4. The van der Waals surface area contributed by atoms with Gasteiger partial charge in [0.1, 0.15) is 4.21 Å². The van der Waals surface area contributed by atoms with Gasteiger partial charge >= 0.3 is 0 Å². The molecule has 0 fully saturated rings. The Hall–Kier alpha value is -1.22. The molecule has 0 aliphatic carbocycles. The van der Waals surface area contributed by atoms with Gasteiger partial charge in [-0.05, 0) is 37.6 Å². The number of rotatable bonds is 8. The smallest absolute Gasteiger partial charge is 0.250 e. The topological polar surface area (TPSA) is 90.0 Å². The van der Waals surface area contributed by atoms with Gasteiger partial charge in [-0.3, -0.25) is 4.68 Å². The molecular weight excluding hydrogens is 296 g/mol. The monoisotopic (exact) mass is 314 g/mol. The minimum absolute atomic E-state index is 0.347. The van der Waals surface area contributed by atoms with Crippen molar-refractivity contribution in [2.24, 2.45) is 5.73 Å². The van der Waals surface area contributed by atoms with Crippen LogP contribution in [0, 0.1) is 0 Å². The zero-order valence-corrected chi connectivity index (χ0v) is 12.7. The molecule has 20 heavy (non-hydrogen) atoms. The number of nitrogens with zero attached hydrogens (tertiary/aromatic N) is 2. The summed E-state index contributed by atoms with van der Waals surface area (Å²) in [5.41, 5.74) is 5.46. The predicted molar refractivity (Wildman–Crippen MR) is 79.1 cm³/mol. The van der Waals surface area contributed by atoms with E-state index in [1.54, 1.807) is 16.9 Å². The Morgan fingerprint density at radius 3 is 2.95 bits per heavy atom. The molecule has 0 amide bonds. The van der Waals surface area contributed by atoms with Crippen LogP contribution in [0.4, 0.5) is 0 Å². The lowest BCUT2D eigenvalue weighted by Gasteiger charge is -2.05. The van der Waals surface area contributed by atoms with E-state index in [1.807, 2.05) is 18.3 Å². The number of aromatic nitrogens is 2. The Kier molecular flexibility index (Phi) is 5.30. The third kappa shape index (κ3) is 4.14. The van der Waals surface area contributed by atoms with Crippen molar-refractivity contribution in [1.29, 1.82) is 0 Å². The standard InChI is InChI=1S/C12H18N4O2S2/c13-6-5-11-3-4-12(19-11)20(17,18)15-8-2-10-16-9-1-7-14-16/h1,3-4,7,9,15H,2,5-6,8,10,13H2. The highest BCUT2D eigenvalue weighted by atomic mass is 32.2. The van der Waals surface area contributed by atoms with Gasteiger partial charge in [0.2, 0.25) is 10.0 Å². The number of nitrogens with two attached hydrogens (primary N) is 1. The van der Waals surface area contributed by atoms with Gasteiger partial charge in [0, 0.05) is 30.4 Å². The molecule has 0 radical (unpaired) electrons. The van der Waals surface area contributed by atoms with Gasteiger partial charge in [0.05, 0.1) is 0 Å². The van der Waals surface area contributed by atoms with Crippen molar-refractivity contribution in [3.63, 3.8) is 0 Å². The molecule has 2 aromatic rings. The summed E-state index contributed by atoms with van der Waals surface area (Å²) >= 11 is 1.27. The van der Waals surface area contributed by atoms with Crippen molar-refractivity contribution in [3.8, 4) is 0 Å². The molecule has 0 aliphatic heterocycles. The third-order valence-electron chi connectivity index (χ3n) is 2.71. The summed E-state index contributed by atoms with van der Waals surface area (Å²) in [5.74, 6) is 0. The molecule has 0 spiro atoms. The van der Waals surface area contributed by atoms with Crippen LogP contribution in [0.3, 0.4) is 0 Å². The first-order valence-corrected chi connectivity index (χ1v) is 8.67. The molecule has 2 heterocycles.